The van der Waals surface area contributed by atoms with Crippen molar-refractivity contribution < 1.29 is 9.50 Å². The fraction of sp³-hybridized carbons (Fsp3) is 0.133. The summed E-state index contributed by atoms with van der Waals surface area (Å²) in [6.45, 7) is 1.48. The van der Waals surface area contributed by atoms with Gasteiger partial charge in [-0.05, 0) is 42.8 Å². The Bertz CT molecular complexity index is 795. The summed E-state index contributed by atoms with van der Waals surface area (Å²) in [5, 5.41) is 9.47. The number of aryl methyl sites for hydroxylation is 1. The maximum atomic E-state index is 13.8. The molecule has 0 unspecified atom stereocenters. The lowest BCUT2D eigenvalue weighted by Crippen LogP contribution is -2.02. The van der Waals surface area contributed by atoms with E-state index in [1.807, 2.05) is 6.07 Å². The Morgan fingerprint density at radius 3 is 2.75 bits per heavy atom. The Kier molecular flexibility index (Phi) is 2.91. The first-order chi connectivity index (χ1) is 9.60. The Labute approximate surface area is 115 Å². The molecule has 0 amide bonds. The topological polar surface area (TPSA) is 64.1 Å². The summed E-state index contributed by atoms with van der Waals surface area (Å²) in [6, 6.07) is 10.2. The zero-order valence-corrected chi connectivity index (χ0v) is 11.0. The Balaban J connectivity index is 2.30. The second kappa shape index (κ2) is 4.61. The van der Waals surface area contributed by atoms with Crippen molar-refractivity contribution >= 4 is 16.7 Å². The van der Waals surface area contributed by atoms with E-state index < -0.39 is 0 Å². The van der Waals surface area contributed by atoms with Gasteiger partial charge in [0.25, 0.3) is 0 Å². The monoisotopic (exact) mass is 271 g/mol. The van der Waals surface area contributed by atoms with Crippen LogP contribution in [0.3, 0.4) is 0 Å². The molecule has 0 aliphatic heterocycles. The van der Waals surface area contributed by atoms with Crippen molar-refractivity contribution in [2.75, 3.05) is 5.73 Å². The van der Waals surface area contributed by atoms with Gasteiger partial charge in [0.2, 0.25) is 0 Å². The van der Waals surface area contributed by atoms with Crippen molar-refractivity contribution in [2.45, 2.75) is 13.5 Å². The molecule has 20 heavy (non-hydrogen) atoms. The molecule has 4 nitrogen and oxygen atoms in total. The van der Waals surface area contributed by atoms with Crippen LogP contribution in [0, 0.1) is 12.7 Å². The number of aromatic nitrogens is 2. The highest BCUT2D eigenvalue weighted by molar-refractivity contribution is 5.81. The number of anilines is 1. The maximum Gasteiger partial charge on any atom is 0.140 e. The summed E-state index contributed by atoms with van der Waals surface area (Å²) >= 11 is 0. The summed E-state index contributed by atoms with van der Waals surface area (Å²) in [5.41, 5.74) is 9.00. The molecule has 0 radical (unpaired) electrons. The van der Waals surface area contributed by atoms with Crippen molar-refractivity contribution in [1.82, 2.24) is 9.55 Å². The normalized spacial score (nSPS) is 11.2. The largest absolute Gasteiger partial charge is 0.399 e. The minimum absolute atomic E-state index is 0.232. The van der Waals surface area contributed by atoms with Crippen LogP contribution >= 0.6 is 0 Å². The van der Waals surface area contributed by atoms with E-state index in [2.05, 4.69) is 4.98 Å². The SMILES string of the molecule is Cc1ccc(-n2c(CO)nc3cc(N)ccc32)cc1F. The Hall–Kier alpha value is -2.40. The van der Waals surface area contributed by atoms with E-state index in [4.69, 9.17) is 5.73 Å². The molecule has 1 aromatic heterocycles. The molecule has 0 saturated heterocycles. The average Bonchev–Trinajstić information content (AvgIpc) is 2.79. The van der Waals surface area contributed by atoms with Crippen LogP contribution in [0.1, 0.15) is 11.4 Å². The number of imidazole rings is 1. The standard InChI is InChI=1S/C15H14FN3O/c1-9-2-4-11(7-12(9)16)19-14-5-3-10(17)6-13(14)18-15(19)8-20/h2-7,20H,8,17H2,1H3. The molecule has 0 aliphatic rings. The van der Waals surface area contributed by atoms with E-state index in [0.717, 1.165) is 5.52 Å². The van der Waals surface area contributed by atoms with Crippen molar-refractivity contribution in [2.24, 2.45) is 0 Å². The lowest BCUT2D eigenvalue weighted by Gasteiger charge is -2.09. The summed E-state index contributed by atoms with van der Waals surface area (Å²) in [7, 11) is 0. The molecule has 2 aromatic carbocycles. The first-order valence-electron chi connectivity index (χ1n) is 6.24. The quantitative estimate of drug-likeness (QED) is 0.704. The molecule has 5 heteroatoms. The number of nitrogens with two attached hydrogens (primary N) is 1. The lowest BCUT2D eigenvalue weighted by atomic mass is 10.2. The van der Waals surface area contributed by atoms with Crippen molar-refractivity contribution in [3.63, 3.8) is 0 Å². The summed E-state index contributed by atoms with van der Waals surface area (Å²) in [5.74, 6) is 0.164. The van der Waals surface area contributed by atoms with Crippen LogP contribution < -0.4 is 5.73 Å². The van der Waals surface area contributed by atoms with Gasteiger partial charge in [0.1, 0.15) is 18.2 Å². The number of fused-ring (bicyclic) bond motifs is 1. The Morgan fingerprint density at radius 2 is 2.05 bits per heavy atom. The van der Waals surface area contributed by atoms with Gasteiger partial charge in [-0.1, -0.05) is 6.07 Å². The van der Waals surface area contributed by atoms with Crippen LogP contribution in [0.4, 0.5) is 10.1 Å². The third kappa shape index (κ3) is 1.92. The summed E-state index contributed by atoms with van der Waals surface area (Å²) < 4.78 is 15.5. The van der Waals surface area contributed by atoms with Gasteiger partial charge < -0.3 is 10.8 Å². The van der Waals surface area contributed by atoms with Crippen LogP contribution in [-0.2, 0) is 6.61 Å². The number of benzene rings is 2. The predicted molar refractivity (Wildman–Crippen MR) is 76.1 cm³/mol. The molecule has 102 valence electrons. The number of hydrogen-bond donors (Lipinski definition) is 2. The number of aliphatic hydroxyl groups excluding tert-OH is 1. The van der Waals surface area contributed by atoms with Gasteiger partial charge in [-0.15, -0.1) is 0 Å². The van der Waals surface area contributed by atoms with Gasteiger partial charge in [0.15, 0.2) is 0 Å². The molecule has 1 heterocycles. The number of aliphatic hydroxyl groups is 1. The van der Waals surface area contributed by atoms with Crippen LogP contribution in [0.2, 0.25) is 0 Å². The third-order valence-electron chi connectivity index (χ3n) is 3.30. The van der Waals surface area contributed by atoms with Gasteiger partial charge in [-0.3, -0.25) is 4.57 Å². The highest BCUT2D eigenvalue weighted by atomic mass is 19.1. The molecular formula is C15H14FN3O. The first-order valence-corrected chi connectivity index (χ1v) is 6.24. The van der Waals surface area contributed by atoms with Crippen LogP contribution in [0.25, 0.3) is 16.7 Å². The molecule has 0 atom stereocenters. The number of halogens is 1. The fourth-order valence-corrected chi connectivity index (χ4v) is 2.26. The molecule has 3 N–H and O–H groups in total. The van der Waals surface area contributed by atoms with Gasteiger partial charge >= 0.3 is 0 Å². The molecule has 0 fully saturated rings. The van der Waals surface area contributed by atoms with E-state index in [9.17, 15) is 9.50 Å². The van der Waals surface area contributed by atoms with E-state index in [-0.39, 0.29) is 12.4 Å². The fourth-order valence-electron chi connectivity index (χ4n) is 2.26. The second-order valence-corrected chi connectivity index (χ2v) is 4.70. The zero-order chi connectivity index (χ0) is 14.3. The lowest BCUT2D eigenvalue weighted by molar-refractivity contribution is 0.270. The van der Waals surface area contributed by atoms with Crippen LogP contribution in [0.5, 0.6) is 0 Å². The minimum atomic E-state index is -0.288. The van der Waals surface area contributed by atoms with Gasteiger partial charge in [-0.2, -0.15) is 0 Å². The zero-order valence-electron chi connectivity index (χ0n) is 11.0. The molecule has 0 saturated carbocycles. The molecule has 0 bridgehead atoms. The van der Waals surface area contributed by atoms with E-state index in [0.29, 0.717) is 28.3 Å². The van der Waals surface area contributed by atoms with Crippen molar-refractivity contribution in [3.8, 4) is 5.69 Å². The number of hydrogen-bond acceptors (Lipinski definition) is 3. The highest BCUT2D eigenvalue weighted by Gasteiger charge is 2.13. The molecule has 3 aromatic rings. The number of nitrogens with zero attached hydrogens (tertiary/aromatic N) is 2. The smallest absolute Gasteiger partial charge is 0.140 e. The van der Waals surface area contributed by atoms with E-state index in [1.165, 1.54) is 6.07 Å². The number of nitrogen functional groups attached to an aromatic ring is 1. The molecule has 0 aliphatic carbocycles. The summed E-state index contributed by atoms with van der Waals surface area (Å²) in [6.07, 6.45) is 0. The third-order valence-corrected chi connectivity index (χ3v) is 3.30. The summed E-state index contributed by atoms with van der Waals surface area (Å²) in [4.78, 5) is 4.33. The van der Waals surface area contributed by atoms with Crippen molar-refractivity contribution in [3.05, 3.63) is 53.6 Å². The van der Waals surface area contributed by atoms with Crippen molar-refractivity contribution in [1.29, 1.82) is 0 Å². The number of rotatable bonds is 2. The predicted octanol–water partition coefficient (Wildman–Crippen LogP) is 2.55. The van der Waals surface area contributed by atoms with Crippen LogP contribution in [0.15, 0.2) is 36.4 Å². The van der Waals surface area contributed by atoms with Gasteiger partial charge in [0, 0.05) is 5.69 Å². The highest BCUT2D eigenvalue weighted by Crippen LogP contribution is 2.24. The van der Waals surface area contributed by atoms with E-state index >= 15 is 0 Å². The average molecular weight is 271 g/mol. The first kappa shape index (κ1) is 12.6. The van der Waals surface area contributed by atoms with Gasteiger partial charge in [0.05, 0.1) is 16.7 Å². The van der Waals surface area contributed by atoms with Crippen LogP contribution in [-0.4, -0.2) is 14.7 Å². The molecule has 0 spiro atoms. The van der Waals surface area contributed by atoms with E-state index in [1.54, 1.807) is 35.8 Å². The Morgan fingerprint density at radius 1 is 1.25 bits per heavy atom. The van der Waals surface area contributed by atoms with Gasteiger partial charge in [-0.25, -0.2) is 9.37 Å². The molecular weight excluding hydrogens is 257 g/mol. The second-order valence-electron chi connectivity index (χ2n) is 4.70. The maximum absolute atomic E-state index is 13.8. The minimum Gasteiger partial charge on any atom is -0.399 e. The molecule has 3 rings (SSSR count).